The van der Waals surface area contributed by atoms with Gasteiger partial charge < -0.3 is 14.2 Å². The lowest BCUT2D eigenvalue weighted by Gasteiger charge is -2.21. The second-order valence-electron chi connectivity index (χ2n) is 6.49. The van der Waals surface area contributed by atoms with Gasteiger partial charge in [-0.2, -0.15) is 0 Å². The van der Waals surface area contributed by atoms with Crippen LogP contribution in [0, 0.1) is 5.82 Å². The number of hydrogen-bond donors (Lipinski definition) is 0. The number of carbonyl (C=O) groups is 2. The Morgan fingerprint density at radius 1 is 1.04 bits per heavy atom. The van der Waals surface area contributed by atoms with E-state index in [1.54, 1.807) is 42.2 Å². The van der Waals surface area contributed by atoms with Crippen molar-refractivity contribution in [1.82, 2.24) is 9.80 Å². The Bertz CT molecular complexity index is 787. The molecule has 0 radical (unpaired) electrons. The molecule has 0 unspecified atom stereocenters. The molecule has 26 heavy (non-hydrogen) atoms. The predicted octanol–water partition coefficient (Wildman–Crippen LogP) is 3.10. The maximum absolute atomic E-state index is 13.8. The fraction of sp³-hybridized carbons (Fsp3) is 0.400. The third kappa shape index (κ3) is 4.31. The van der Waals surface area contributed by atoms with Crippen LogP contribution in [0.3, 0.4) is 0 Å². The molecule has 0 saturated carbocycles. The van der Waals surface area contributed by atoms with Crippen LogP contribution >= 0.6 is 0 Å². The Hall–Kier alpha value is -2.63. The van der Waals surface area contributed by atoms with Crippen molar-refractivity contribution in [3.05, 3.63) is 48.0 Å². The Morgan fingerprint density at radius 2 is 1.77 bits per heavy atom. The number of amides is 2. The standard InChI is InChI=1S/C20H23FN2O3/c1-15(24)22-11-4-12-23(14-13-22)20(25)10-8-16-7-9-19(26-16)17-5-2-3-6-18(17)21/h2-3,5-7,9H,4,8,10-14H2,1H3. The molecule has 1 aromatic heterocycles. The monoisotopic (exact) mass is 358 g/mol. The minimum Gasteiger partial charge on any atom is -0.461 e. The van der Waals surface area contributed by atoms with Gasteiger partial charge in [0, 0.05) is 45.9 Å². The van der Waals surface area contributed by atoms with Crippen molar-refractivity contribution in [3.8, 4) is 11.3 Å². The minimum absolute atomic E-state index is 0.0514. The molecule has 0 spiro atoms. The molecule has 0 aliphatic carbocycles. The first-order valence-corrected chi connectivity index (χ1v) is 8.91. The van der Waals surface area contributed by atoms with Crippen LogP contribution in [0.2, 0.25) is 0 Å². The SMILES string of the molecule is CC(=O)N1CCCN(C(=O)CCc2ccc(-c3ccccc3F)o2)CC1. The summed E-state index contributed by atoms with van der Waals surface area (Å²) >= 11 is 0. The molecule has 0 bridgehead atoms. The molecule has 6 heteroatoms. The van der Waals surface area contributed by atoms with Crippen LogP contribution in [0.1, 0.15) is 25.5 Å². The molecule has 2 aromatic rings. The number of benzene rings is 1. The van der Waals surface area contributed by atoms with E-state index in [-0.39, 0.29) is 17.6 Å². The molecule has 0 N–H and O–H groups in total. The highest BCUT2D eigenvalue weighted by atomic mass is 19.1. The summed E-state index contributed by atoms with van der Waals surface area (Å²) in [5.41, 5.74) is 0.418. The van der Waals surface area contributed by atoms with Gasteiger partial charge in [-0.1, -0.05) is 12.1 Å². The largest absolute Gasteiger partial charge is 0.461 e. The molecule has 2 amide bonds. The van der Waals surface area contributed by atoms with Crippen LogP contribution in [0.25, 0.3) is 11.3 Å². The van der Waals surface area contributed by atoms with Gasteiger partial charge in [-0.25, -0.2) is 4.39 Å². The molecule has 1 aromatic carbocycles. The second-order valence-corrected chi connectivity index (χ2v) is 6.49. The second kappa shape index (κ2) is 8.17. The summed E-state index contributed by atoms with van der Waals surface area (Å²) < 4.78 is 19.5. The number of rotatable bonds is 4. The molecule has 138 valence electrons. The third-order valence-corrected chi connectivity index (χ3v) is 4.68. The van der Waals surface area contributed by atoms with Crippen molar-refractivity contribution in [2.45, 2.75) is 26.2 Å². The van der Waals surface area contributed by atoms with Crippen LogP contribution in [-0.4, -0.2) is 47.8 Å². The maximum atomic E-state index is 13.8. The molecule has 1 saturated heterocycles. The van der Waals surface area contributed by atoms with Gasteiger partial charge in [0.1, 0.15) is 17.3 Å². The lowest BCUT2D eigenvalue weighted by atomic mass is 10.1. The van der Waals surface area contributed by atoms with E-state index in [9.17, 15) is 14.0 Å². The minimum atomic E-state index is -0.330. The van der Waals surface area contributed by atoms with Crippen molar-refractivity contribution in [2.24, 2.45) is 0 Å². The number of aryl methyl sites for hydroxylation is 1. The summed E-state index contributed by atoms with van der Waals surface area (Å²) in [5.74, 6) is 0.910. The lowest BCUT2D eigenvalue weighted by molar-refractivity contribution is -0.132. The topological polar surface area (TPSA) is 53.8 Å². The quantitative estimate of drug-likeness (QED) is 0.844. The Morgan fingerprint density at radius 3 is 2.54 bits per heavy atom. The highest BCUT2D eigenvalue weighted by Crippen LogP contribution is 2.25. The van der Waals surface area contributed by atoms with Crippen molar-refractivity contribution >= 4 is 11.8 Å². The number of carbonyl (C=O) groups excluding carboxylic acids is 2. The first-order valence-electron chi connectivity index (χ1n) is 8.91. The Kier molecular flexibility index (Phi) is 5.71. The smallest absolute Gasteiger partial charge is 0.223 e. The van der Waals surface area contributed by atoms with Crippen LogP contribution in [-0.2, 0) is 16.0 Å². The fourth-order valence-electron chi connectivity index (χ4n) is 3.19. The van der Waals surface area contributed by atoms with Crippen LogP contribution in [0.4, 0.5) is 4.39 Å². The van der Waals surface area contributed by atoms with Gasteiger partial charge in [0.05, 0.1) is 5.56 Å². The van der Waals surface area contributed by atoms with E-state index in [0.29, 0.717) is 56.1 Å². The van der Waals surface area contributed by atoms with Crippen molar-refractivity contribution < 1.29 is 18.4 Å². The highest BCUT2D eigenvalue weighted by molar-refractivity contribution is 5.77. The molecular weight excluding hydrogens is 335 g/mol. The van der Waals surface area contributed by atoms with Crippen LogP contribution < -0.4 is 0 Å². The summed E-state index contributed by atoms with van der Waals surface area (Å²) in [6.07, 6.45) is 1.61. The van der Waals surface area contributed by atoms with Crippen molar-refractivity contribution in [3.63, 3.8) is 0 Å². The Balaban J connectivity index is 1.55. The van der Waals surface area contributed by atoms with E-state index < -0.39 is 0 Å². The summed E-state index contributed by atoms with van der Waals surface area (Å²) in [7, 11) is 0. The van der Waals surface area contributed by atoms with Gasteiger partial charge in [0.2, 0.25) is 11.8 Å². The highest BCUT2D eigenvalue weighted by Gasteiger charge is 2.20. The van der Waals surface area contributed by atoms with E-state index in [4.69, 9.17) is 4.42 Å². The van der Waals surface area contributed by atoms with Gasteiger partial charge in [-0.15, -0.1) is 0 Å². The molecule has 5 nitrogen and oxygen atoms in total. The Labute approximate surface area is 152 Å². The molecule has 0 atom stereocenters. The van der Waals surface area contributed by atoms with Gasteiger partial charge in [-0.3, -0.25) is 9.59 Å². The molecule has 2 heterocycles. The summed E-state index contributed by atoms with van der Waals surface area (Å²) in [5, 5.41) is 0. The van der Waals surface area contributed by atoms with E-state index in [2.05, 4.69) is 0 Å². The maximum Gasteiger partial charge on any atom is 0.223 e. The first-order chi connectivity index (χ1) is 12.5. The summed E-state index contributed by atoms with van der Waals surface area (Å²) in [6, 6.07) is 9.97. The van der Waals surface area contributed by atoms with Crippen molar-refractivity contribution in [2.75, 3.05) is 26.2 Å². The van der Waals surface area contributed by atoms with E-state index in [1.165, 1.54) is 6.07 Å². The number of furan rings is 1. The van der Waals surface area contributed by atoms with Gasteiger partial charge in [0.25, 0.3) is 0 Å². The molecular formula is C20H23FN2O3. The van der Waals surface area contributed by atoms with Gasteiger partial charge >= 0.3 is 0 Å². The molecule has 1 aliphatic rings. The first kappa shape index (κ1) is 18.2. The number of hydrogen-bond acceptors (Lipinski definition) is 3. The van der Waals surface area contributed by atoms with Gasteiger partial charge in [0.15, 0.2) is 0 Å². The number of nitrogens with zero attached hydrogens (tertiary/aromatic N) is 2. The predicted molar refractivity (Wildman–Crippen MR) is 95.9 cm³/mol. The molecule has 3 rings (SSSR count). The van der Waals surface area contributed by atoms with Crippen LogP contribution in [0.15, 0.2) is 40.8 Å². The fourth-order valence-corrected chi connectivity index (χ4v) is 3.19. The average molecular weight is 358 g/mol. The summed E-state index contributed by atoms with van der Waals surface area (Å²) in [4.78, 5) is 27.5. The normalized spacial score (nSPS) is 15.0. The average Bonchev–Trinajstić information content (AvgIpc) is 2.94. The lowest BCUT2D eigenvalue weighted by Crippen LogP contribution is -2.36. The van der Waals surface area contributed by atoms with Crippen LogP contribution in [0.5, 0.6) is 0 Å². The van der Waals surface area contributed by atoms with E-state index in [0.717, 1.165) is 6.42 Å². The van der Waals surface area contributed by atoms with E-state index >= 15 is 0 Å². The third-order valence-electron chi connectivity index (χ3n) is 4.68. The molecule has 1 fully saturated rings. The molecule has 1 aliphatic heterocycles. The number of halogens is 1. The van der Waals surface area contributed by atoms with Gasteiger partial charge in [-0.05, 0) is 30.7 Å². The van der Waals surface area contributed by atoms with E-state index in [1.807, 2.05) is 4.90 Å². The summed E-state index contributed by atoms with van der Waals surface area (Å²) in [6.45, 7) is 4.07. The van der Waals surface area contributed by atoms with Crippen molar-refractivity contribution in [1.29, 1.82) is 0 Å². The zero-order valence-electron chi connectivity index (χ0n) is 14.9. The zero-order valence-corrected chi connectivity index (χ0v) is 14.9. The zero-order chi connectivity index (χ0) is 18.5.